The summed E-state index contributed by atoms with van der Waals surface area (Å²) in [5.74, 6) is 0.389. The summed E-state index contributed by atoms with van der Waals surface area (Å²) < 4.78 is 13.6. The van der Waals surface area contributed by atoms with Gasteiger partial charge < -0.3 is 8.85 Å². The number of Topliss-reactive ketones (excluding diaryl/α,β-unsaturated/α-hetero) is 1. The second-order valence-corrected chi connectivity index (χ2v) is 22.6. The molecular formula is C28H54O3Si2. The topological polar surface area (TPSA) is 35.5 Å². The van der Waals surface area contributed by atoms with Crippen LogP contribution in [-0.4, -0.2) is 34.6 Å². The van der Waals surface area contributed by atoms with Crippen molar-refractivity contribution in [2.24, 2.45) is 11.8 Å². The van der Waals surface area contributed by atoms with Crippen LogP contribution in [-0.2, 0) is 13.6 Å². The van der Waals surface area contributed by atoms with Gasteiger partial charge in [0.05, 0.1) is 12.2 Å². The van der Waals surface area contributed by atoms with Gasteiger partial charge in [0.25, 0.3) is 0 Å². The van der Waals surface area contributed by atoms with Crippen LogP contribution < -0.4 is 0 Å². The van der Waals surface area contributed by atoms with Crippen molar-refractivity contribution < 1.29 is 13.6 Å². The predicted molar refractivity (Wildman–Crippen MR) is 149 cm³/mol. The number of ketones is 1. The van der Waals surface area contributed by atoms with E-state index in [9.17, 15) is 4.79 Å². The number of carbonyl (C=O) groups excluding carboxylic acids is 1. The lowest BCUT2D eigenvalue weighted by atomic mass is 9.90. The number of allylic oxidation sites excluding steroid dienone is 1. The summed E-state index contributed by atoms with van der Waals surface area (Å²) in [6, 6.07) is 0. The second-order valence-electron chi connectivity index (χ2n) is 13.1. The van der Waals surface area contributed by atoms with Crippen LogP contribution in [0.3, 0.4) is 0 Å². The molecule has 192 valence electrons. The second kappa shape index (κ2) is 12.0. The largest absolute Gasteiger partial charge is 0.413 e. The highest BCUT2D eigenvalue weighted by molar-refractivity contribution is 6.74. The van der Waals surface area contributed by atoms with Crippen LogP contribution in [0.4, 0.5) is 0 Å². The van der Waals surface area contributed by atoms with Crippen molar-refractivity contribution in [2.45, 2.75) is 135 Å². The Morgan fingerprint density at radius 2 is 1.61 bits per heavy atom. The van der Waals surface area contributed by atoms with Crippen molar-refractivity contribution in [3.8, 4) is 0 Å². The van der Waals surface area contributed by atoms with Gasteiger partial charge in [0.2, 0.25) is 0 Å². The Balaban J connectivity index is 3.20. The van der Waals surface area contributed by atoms with E-state index in [2.05, 4.69) is 93.4 Å². The highest BCUT2D eigenvalue weighted by atomic mass is 28.4. The minimum atomic E-state index is -1.98. The van der Waals surface area contributed by atoms with E-state index in [-0.39, 0.29) is 34.1 Å². The van der Waals surface area contributed by atoms with Gasteiger partial charge in [-0.1, -0.05) is 86.0 Å². The van der Waals surface area contributed by atoms with E-state index in [1.54, 1.807) is 0 Å². The average Bonchev–Trinajstić information content (AvgIpc) is 2.92. The van der Waals surface area contributed by atoms with Crippen LogP contribution >= 0.6 is 0 Å². The lowest BCUT2D eigenvalue weighted by molar-refractivity contribution is -0.121. The van der Waals surface area contributed by atoms with Gasteiger partial charge in [0, 0.05) is 18.3 Å². The molecule has 3 nitrogen and oxygen atoms in total. The average molecular weight is 495 g/mol. The Labute approximate surface area is 208 Å². The van der Waals surface area contributed by atoms with Gasteiger partial charge in [-0.3, -0.25) is 4.79 Å². The summed E-state index contributed by atoms with van der Waals surface area (Å²) in [5, 5.41) is 0.293. The fraction of sp³-hybridized carbons (Fsp3) is 0.821. The normalized spacial score (nSPS) is 24.0. The third kappa shape index (κ3) is 8.59. The predicted octanol–water partition coefficient (Wildman–Crippen LogP) is 8.69. The molecule has 0 saturated heterocycles. The molecule has 1 aliphatic carbocycles. The quantitative estimate of drug-likeness (QED) is 0.155. The van der Waals surface area contributed by atoms with Crippen molar-refractivity contribution >= 4 is 22.4 Å². The zero-order valence-corrected chi connectivity index (χ0v) is 25.7. The maximum absolute atomic E-state index is 13.0. The number of rotatable bonds is 12. The van der Waals surface area contributed by atoms with Crippen LogP contribution in [0.25, 0.3) is 0 Å². The molecule has 3 unspecified atom stereocenters. The Bertz CT molecular complexity index is 668. The zero-order chi connectivity index (χ0) is 25.7. The first-order valence-electron chi connectivity index (χ1n) is 13.1. The van der Waals surface area contributed by atoms with Crippen molar-refractivity contribution in [3.63, 3.8) is 0 Å². The molecule has 4 atom stereocenters. The smallest absolute Gasteiger partial charge is 0.192 e. The van der Waals surface area contributed by atoms with Crippen LogP contribution in [0.1, 0.15) is 87.0 Å². The summed E-state index contributed by atoms with van der Waals surface area (Å²) in [4.78, 5) is 13.0. The molecule has 0 aromatic rings. The molecule has 1 aliphatic rings. The van der Waals surface area contributed by atoms with E-state index in [1.807, 2.05) is 6.08 Å². The third-order valence-corrected chi connectivity index (χ3v) is 17.3. The van der Waals surface area contributed by atoms with E-state index in [4.69, 9.17) is 8.85 Å². The van der Waals surface area contributed by atoms with Crippen LogP contribution in [0, 0.1) is 11.8 Å². The number of hydrogen-bond donors (Lipinski definition) is 0. The number of carbonyl (C=O) groups is 1. The zero-order valence-electron chi connectivity index (χ0n) is 23.7. The Morgan fingerprint density at radius 3 is 2.09 bits per heavy atom. The molecule has 0 bridgehead atoms. The molecule has 0 radical (unpaired) electrons. The Morgan fingerprint density at radius 1 is 1.03 bits per heavy atom. The molecule has 0 N–H and O–H groups in total. The van der Waals surface area contributed by atoms with Gasteiger partial charge in [0.1, 0.15) is 5.78 Å². The summed E-state index contributed by atoms with van der Waals surface area (Å²) in [5.41, 5.74) is 0. The van der Waals surface area contributed by atoms with E-state index in [1.165, 1.54) is 19.3 Å². The number of hydrogen-bond acceptors (Lipinski definition) is 3. The summed E-state index contributed by atoms with van der Waals surface area (Å²) in [6.45, 7) is 29.1. The van der Waals surface area contributed by atoms with Crippen molar-refractivity contribution in [2.75, 3.05) is 0 Å². The third-order valence-electron chi connectivity index (χ3n) is 8.28. The van der Waals surface area contributed by atoms with Crippen molar-refractivity contribution in [1.82, 2.24) is 0 Å². The molecule has 5 heteroatoms. The van der Waals surface area contributed by atoms with Crippen LogP contribution in [0.2, 0.25) is 36.3 Å². The molecule has 33 heavy (non-hydrogen) atoms. The fourth-order valence-corrected chi connectivity index (χ4v) is 6.62. The molecule has 0 amide bonds. The van der Waals surface area contributed by atoms with E-state index >= 15 is 0 Å². The fourth-order valence-electron chi connectivity index (χ4n) is 3.96. The molecule has 1 rings (SSSR count). The highest BCUT2D eigenvalue weighted by Crippen LogP contribution is 2.43. The summed E-state index contributed by atoms with van der Waals surface area (Å²) in [6.07, 6.45) is 12.4. The van der Waals surface area contributed by atoms with E-state index < -0.39 is 16.6 Å². The minimum Gasteiger partial charge on any atom is -0.413 e. The van der Waals surface area contributed by atoms with Crippen molar-refractivity contribution in [3.05, 3.63) is 24.8 Å². The lowest BCUT2D eigenvalue weighted by Gasteiger charge is -2.40. The summed E-state index contributed by atoms with van der Waals surface area (Å²) >= 11 is 0. The van der Waals surface area contributed by atoms with Crippen LogP contribution in [0.15, 0.2) is 24.8 Å². The monoisotopic (exact) mass is 494 g/mol. The van der Waals surface area contributed by atoms with Gasteiger partial charge >= 0.3 is 0 Å². The molecule has 1 fully saturated rings. The molecular weight excluding hydrogens is 440 g/mol. The molecule has 0 aliphatic heterocycles. The molecule has 0 heterocycles. The maximum Gasteiger partial charge on any atom is 0.192 e. The Kier molecular flexibility index (Phi) is 11.1. The first-order chi connectivity index (χ1) is 15.0. The lowest BCUT2D eigenvalue weighted by Crippen LogP contribution is -2.45. The molecule has 0 spiro atoms. The highest BCUT2D eigenvalue weighted by Gasteiger charge is 2.47. The van der Waals surface area contributed by atoms with Crippen molar-refractivity contribution in [1.29, 1.82) is 0 Å². The van der Waals surface area contributed by atoms with Gasteiger partial charge in [-0.15, -0.1) is 6.58 Å². The van der Waals surface area contributed by atoms with Gasteiger partial charge in [-0.25, -0.2) is 0 Å². The Hall–Kier alpha value is -0.496. The van der Waals surface area contributed by atoms with Gasteiger partial charge in [-0.2, -0.15) is 0 Å². The van der Waals surface area contributed by atoms with Gasteiger partial charge in [-0.05, 0) is 49.1 Å². The minimum absolute atomic E-state index is 0.0299. The first kappa shape index (κ1) is 30.5. The first-order valence-corrected chi connectivity index (χ1v) is 19.0. The van der Waals surface area contributed by atoms with E-state index in [0.717, 1.165) is 12.8 Å². The van der Waals surface area contributed by atoms with Gasteiger partial charge in [0.15, 0.2) is 16.6 Å². The van der Waals surface area contributed by atoms with Crippen LogP contribution in [0.5, 0.6) is 0 Å². The number of unbranched alkanes of at least 4 members (excludes halogenated alkanes) is 2. The molecule has 0 aromatic heterocycles. The molecule has 1 saturated carbocycles. The van der Waals surface area contributed by atoms with E-state index in [0.29, 0.717) is 12.2 Å². The summed E-state index contributed by atoms with van der Waals surface area (Å²) in [7, 11) is -3.86. The molecule has 0 aromatic carbocycles. The standard InChI is InChI=1S/C28H54O3Si2/c1-13-15-16-18-22(30-32(9,10)27(3,4)5)19-20-24-23(17-14-2)25(29)21-26(24)31-33(11,12)28(6,7)8/h14,19-20,22-24,26H,2,13,15-18,21H2,1,3-12H3/b20-19+/t22-,23?,24?,26?/m0/s1. The SMILES string of the molecule is C=CCC1C(=O)CC(O[Si](C)(C)C(C)(C)C)C1/C=C/[C@H](CCCCC)O[Si](C)(C)C(C)(C)C. The maximum atomic E-state index is 13.0.